The molecule has 0 saturated heterocycles. The Morgan fingerprint density at radius 1 is 1.38 bits per heavy atom. The van der Waals surface area contributed by atoms with Crippen LogP contribution in [0.2, 0.25) is 0 Å². The summed E-state index contributed by atoms with van der Waals surface area (Å²) < 4.78 is 5.37. The fourth-order valence-electron chi connectivity index (χ4n) is 0.992. The summed E-state index contributed by atoms with van der Waals surface area (Å²) in [6.07, 6.45) is 0. The van der Waals surface area contributed by atoms with Crippen molar-refractivity contribution >= 4 is 5.91 Å². The average molecular weight is 225 g/mol. The van der Waals surface area contributed by atoms with Crippen LogP contribution < -0.4 is 5.32 Å². The number of nitrogens with zero attached hydrogens (tertiary/aromatic N) is 2. The minimum Gasteiger partial charge on any atom is -0.423 e. The van der Waals surface area contributed by atoms with E-state index in [2.05, 4.69) is 15.5 Å². The van der Waals surface area contributed by atoms with Crippen LogP contribution in [0.4, 0.5) is 0 Å². The SMILES string of the molecule is CC(C)c1nnc(CNC(=O)C(C)(C)C)o1. The van der Waals surface area contributed by atoms with Gasteiger partial charge in [0.2, 0.25) is 17.7 Å². The van der Waals surface area contributed by atoms with Crippen molar-refractivity contribution in [3.8, 4) is 0 Å². The molecule has 1 aromatic heterocycles. The second-order valence-electron chi connectivity index (χ2n) is 5.12. The normalized spacial score (nSPS) is 11.9. The number of carbonyl (C=O) groups is 1. The molecule has 16 heavy (non-hydrogen) atoms. The van der Waals surface area contributed by atoms with Crippen LogP contribution >= 0.6 is 0 Å². The van der Waals surface area contributed by atoms with Crippen molar-refractivity contribution in [2.24, 2.45) is 5.41 Å². The molecular weight excluding hydrogens is 206 g/mol. The van der Waals surface area contributed by atoms with E-state index in [0.29, 0.717) is 11.8 Å². The second-order valence-corrected chi connectivity index (χ2v) is 5.12. The first kappa shape index (κ1) is 12.7. The molecule has 0 atom stereocenters. The number of carbonyl (C=O) groups excluding carboxylic acids is 1. The van der Waals surface area contributed by atoms with Crippen LogP contribution in [0.3, 0.4) is 0 Å². The lowest BCUT2D eigenvalue weighted by Crippen LogP contribution is -2.34. The Kier molecular flexibility index (Phi) is 3.67. The molecule has 1 aromatic rings. The van der Waals surface area contributed by atoms with Crippen LogP contribution in [0.5, 0.6) is 0 Å². The summed E-state index contributed by atoms with van der Waals surface area (Å²) in [6, 6.07) is 0. The Hall–Kier alpha value is -1.39. The van der Waals surface area contributed by atoms with E-state index >= 15 is 0 Å². The molecule has 0 radical (unpaired) electrons. The van der Waals surface area contributed by atoms with E-state index < -0.39 is 5.41 Å². The molecule has 0 bridgehead atoms. The molecule has 0 saturated carbocycles. The van der Waals surface area contributed by atoms with Gasteiger partial charge in [0.15, 0.2) is 0 Å². The molecule has 1 rings (SSSR count). The molecule has 1 N–H and O–H groups in total. The lowest BCUT2D eigenvalue weighted by molar-refractivity contribution is -0.128. The van der Waals surface area contributed by atoms with Crippen molar-refractivity contribution in [2.45, 2.75) is 47.1 Å². The Bertz CT molecular complexity index is 364. The highest BCUT2D eigenvalue weighted by Gasteiger charge is 2.21. The van der Waals surface area contributed by atoms with Crippen LogP contribution in [0, 0.1) is 5.41 Å². The molecule has 0 aliphatic heterocycles. The van der Waals surface area contributed by atoms with Gasteiger partial charge in [0, 0.05) is 11.3 Å². The number of rotatable bonds is 3. The summed E-state index contributed by atoms with van der Waals surface area (Å²) in [7, 11) is 0. The quantitative estimate of drug-likeness (QED) is 0.852. The highest BCUT2D eigenvalue weighted by Crippen LogP contribution is 2.14. The fourth-order valence-corrected chi connectivity index (χ4v) is 0.992. The van der Waals surface area contributed by atoms with E-state index in [9.17, 15) is 4.79 Å². The van der Waals surface area contributed by atoms with Crippen LogP contribution in [0.25, 0.3) is 0 Å². The number of aromatic nitrogens is 2. The molecule has 0 fully saturated rings. The Morgan fingerprint density at radius 2 is 2.00 bits per heavy atom. The minimum atomic E-state index is -0.402. The van der Waals surface area contributed by atoms with Gasteiger partial charge in [0.1, 0.15) is 0 Å². The number of hydrogen-bond donors (Lipinski definition) is 1. The molecule has 0 aliphatic rings. The van der Waals surface area contributed by atoms with Crippen LogP contribution in [0.1, 0.15) is 52.3 Å². The molecule has 1 amide bonds. The highest BCUT2D eigenvalue weighted by molar-refractivity contribution is 5.81. The minimum absolute atomic E-state index is 0.0307. The molecule has 0 aliphatic carbocycles. The Labute approximate surface area is 95.6 Å². The van der Waals surface area contributed by atoms with Gasteiger partial charge in [0.25, 0.3) is 0 Å². The van der Waals surface area contributed by atoms with Crippen molar-refractivity contribution in [3.05, 3.63) is 11.8 Å². The van der Waals surface area contributed by atoms with Crippen molar-refractivity contribution in [1.29, 1.82) is 0 Å². The van der Waals surface area contributed by atoms with E-state index in [1.54, 1.807) is 0 Å². The number of nitrogens with one attached hydrogen (secondary N) is 1. The lowest BCUT2D eigenvalue weighted by atomic mass is 9.96. The summed E-state index contributed by atoms with van der Waals surface area (Å²) in [4.78, 5) is 11.6. The third kappa shape index (κ3) is 3.32. The van der Waals surface area contributed by atoms with Gasteiger partial charge in [-0.25, -0.2) is 0 Å². The zero-order chi connectivity index (χ0) is 12.3. The van der Waals surface area contributed by atoms with Gasteiger partial charge in [-0.1, -0.05) is 34.6 Å². The van der Waals surface area contributed by atoms with E-state index in [0.717, 1.165) is 0 Å². The lowest BCUT2D eigenvalue weighted by Gasteiger charge is -2.16. The zero-order valence-corrected chi connectivity index (χ0v) is 10.5. The predicted octanol–water partition coefficient (Wildman–Crippen LogP) is 1.86. The van der Waals surface area contributed by atoms with Gasteiger partial charge in [-0.2, -0.15) is 0 Å². The second kappa shape index (κ2) is 4.63. The fraction of sp³-hybridized carbons (Fsp3) is 0.727. The highest BCUT2D eigenvalue weighted by atomic mass is 16.4. The molecule has 90 valence electrons. The summed E-state index contributed by atoms with van der Waals surface area (Å²) in [6.45, 7) is 9.81. The van der Waals surface area contributed by atoms with Crippen molar-refractivity contribution in [1.82, 2.24) is 15.5 Å². The van der Waals surface area contributed by atoms with Gasteiger partial charge in [-0.3, -0.25) is 4.79 Å². The smallest absolute Gasteiger partial charge is 0.235 e. The summed E-state index contributed by atoms with van der Waals surface area (Å²) in [5.74, 6) is 1.22. The van der Waals surface area contributed by atoms with Gasteiger partial charge in [-0.15, -0.1) is 10.2 Å². The first-order chi connectivity index (χ1) is 7.30. The first-order valence-corrected chi connectivity index (χ1v) is 5.41. The molecule has 5 nitrogen and oxygen atoms in total. The van der Waals surface area contributed by atoms with Gasteiger partial charge >= 0.3 is 0 Å². The van der Waals surface area contributed by atoms with E-state index in [1.807, 2.05) is 34.6 Å². The summed E-state index contributed by atoms with van der Waals surface area (Å²) in [5, 5.41) is 10.5. The van der Waals surface area contributed by atoms with Gasteiger partial charge in [0.05, 0.1) is 6.54 Å². The third-order valence-electron chi connectivity index (χ3n) is 2.06. The molecular formula is C11H19N3O2. The average Bonchev–Trinajstić information content (AvgIpc) is 2.60. The number of hydrogen-bond acceptors (Lipinski definition) is 4. The monoisotopic (exact) mass is 225 g/mol. The zero-order valence-electron chi connectivity index (χ0n) is 10.5. The maximum Gasteiger partial charge on any atom is 0.235 e. The van der Waals surface area contributed by atoms with E-state index in [-0.39, 0.29) is 18.4 Å². The molecule has 0 aromatic carbocycles. The molecule has 0 unspecified atom stereocenters. The van der Waals surface area contributed by atoms with Crippen LogP contribution in [-0.2, 0) is 11.3 Å². The molecule has 1 heterocycles. The van der Waals surface area contributed by atoms with Crippen LogP contribution in [0.15, 0.2) is 4.42 Å². The Balaban J connectivity index is 2.52. The van der Waals surface area contributed by atoms with Gasteiger partial charge in [-0.05, 0) is 0 Å². The van der Waals surface area contributed by atoms with Crippen molar-refractivity contribution in [2.75, 3.05) is 0 Å². The standard InChI is InChI=1S/C11H19N3O2/c1-7(2)9-14-13-8(16-9)6-12-10(15)11(3,4)5/h7H,6H2,1-5H3,(H,12,15). The maximum absolute atomic E-state index is 11.6. The first-order valence-electron chi connectivity index (χ1n) is 5.41. The van der Waals surface area contributed by atoms with Crippen molar-refractivity contribution < 1.29 is 9.21 Å². The van der Waals surface area contributed by atoms with Crippen molar-refractivity contribution in [3.63, 3.8) is 0 Å². The van der Waals surface area contributed by atoms with E-state index in [1.165, 1.54) is 0 Å². The van der Waals surface area contributed by atoms with Crippen LogP contribution in [-0.4, -0.2) is 16.1 Å². The summed E-state index contributed by atoms with van der Waals surface area (Å²) in [5.41, 5.74) is -0.402. The molecule has 0 spiro atoms. The van der Waals surface area contributed by atoms with E-state index in [4.69, 9.17) is 4.42 Å². The predicted molar refractivity (Wildman–Crippen MR) is 59.7 cm³/mol. The molecule has 5 heteroatoms. The topological polar surface area (TPSA) is 68.0 Å². The maximum atomic E-state index is 11.6. The Morgan fingerprint density at radius 3 is 2.44 bits per heavy atom. The largest absolute Gasteiger partial charge is 0.423 e. The summed E-state index contributed by atoms with van der Waals surface area (Å²) >= 11 is 0. The number of amides is 1. The third-order valence-corrected chi connectivity index (χ3v) is 2.06. The van der Waals surface area contributed by atoms with Gasteiger partial charge < -0.3 is 9.73 Å².